The molecule has 0 aromatic heterocycles. The minimum Gasteiger partial charge on any atom is -0.350 e. The number of rotatable bonds is 3. The topological polar surface area (TPSA) is 32.3 Å². The van der Waals surface area contributed by atoms with Crippen molar-refractivity contribution in [1.82, 2.24) is 10.2 Å². The van der Waals surface area contributed by atoms with E-state index in [2.05, 4.69) is 11.9 Å². The third-order valence-electron chi connectivity index (χ3n) is 2.42. The standard InChI is InChI=1S/C10H16N2OS/c1-5-7(4)12-9(13)8(6(2)3)11-10(12)14/h5-8H,1H2,2-4H3,(H,11,14)/t7?,8-/m1/s1. The lowest BCUT2D eigenvalue weighted by Gasteiger charge is -2.20. The maximum absolute atomic E-state index is 11.9. The van der Waals surface area contributed by atoms with Crippen molar-refractivity contribution in [2.75, 3.05) is 0 Å². The van der Waals surface area contributed by atoms with Gasteiger partial charge in [0.2, 0.25) is 0 Å². The fourth-order valence-electron chi connectivity index (χ4n) is 1.46. The van der Waals surface area contributed by atoms with E-state index in [1.807, 2.05) is 20.8 Å². The van der Waals surface area contributed by atoms with Crippen LogP contribution < -0.4 is 5.32 Å². The Balaban J connectivity index is 2.85. The summed E-state index contributed by atoms with van der Waals surface area (Å²) in [5.74, 6) is 0.305. The summed E-state index contributed by atoms with van der Waals surface area (Å²) in [5, 5.41) is 3.54. The lowest BCUT2D eigenvalue weighted by Crippen LogP contribution is -2.38. The quantitative estimate of drug-likeness (QED) is 0.565. The minimum absolute atomic E-state index is 0.0359. The monoisotopic (exact) mass is 212 g/mol. The molecular weight excluding hydrogens is 196 g/mol. The van der Waals surface area contributed by atoms with Gasteiger partial charge >= 0.3 is 0 Å². The highest BCUT2D eigenvalue weighted by Crippen LogP contribution is 2.16. The number of thiocarbonyl (C=S) groups is 1. The first-order chi connectivity index (χ1) is 6.49. The van der Waals surface area contributed by atoms with E-state index in [4.69, 9.17) is 12.2 Å². The van der Waals surface area contributed by atoms with Gasteiger partial charge in [-0.15, -0.1) is 6.58 Å². The third kappa shape index (κ3) is 1.80. The minimum atomic E-state index is -0.176. The molecule has 2 atom stereocenters. The Morgan fingerprint density at radius 2 is 2.14 bits per heavy atom. The van der Waals surface area contributed by atoms with Crippen molar-refractivity contribution < 1.29 is 4.79 Å². The van der Waals surface area contributed by atoms with Gasteiger partial charge in [-0.05, 0) is 25.1 Å². The van der Waals surface area contributed by atoms with Crippen LogP contribution in [-0.4, -0.2) is 28.0 Å². The maximum Gasteiger partial charge on any atom is 0.252 e. The van der Waals surface area contributed by atoms with Crippen LogP contribution in [-0.2, 0) is 4.79 Å². The smallest absolute Gasteiger partial charge is 0.252 e. The first kappa shape index (κ1) is 11.2. The molecule has 0 aromatic rings. The van der Waals surface area contributed by atoms with E-state index in [1.54, 1.807) is 11.0 Å². The SMILES string of the molecule is C=CC(C)N1C(=O)[C@@H](C(C)C)NC1=S. The molecule has 0 bridgehead atoms. The van der Waals surface area contributed by atoms with E-state index in [0.717, 1.165) is 0 Å². The first-order valence-electron chi connectivity index (χ1n) is 4.75. The molecule has 0 aliphatic carbocycles. The van der Waals surface area contributed by atoms with Gasteiger partial charge in [0, 0.05) is 0 Å². The van der Waals surface area contributed by atoms with Crippen molar-refractivity contribution in [3.05, 3.63) is 12.7 Å². The number of hydrogen-bond acceptors (Lipinski definition) is 2. The fourth-order valence-corrected chi connectivity index (χ4v) is 1.84. The molecule has 14 heavy (non-hydrogen) atoms. The van der Waals surface area contributed by atoms with Crippen LogP contribution in [0.3, 0.4) is 0 Å². The average Bonchev–Trinajstić information content (AvgIpc) is 2.41. The Kier molecular flexibility index (Phi) is 3.26. The van der Waals surface area contributed by atoms with E-state index in [0.29, 0.717) is 5.11 Å². The average molecular weight is 212 g/mol. The molecular formula is C10H16N2OS. The fraction of sp³-hybridized carbons (Fsp3) is 0.600. The number of carbonyl (C=O) groups is 1. The Morgan fingerprint density at radius 1 is 1.57 bits per heavy atom. The van der Waals surface area contributed by atoms with Gasteiger partial charge in [0.1, 0.15) is 6.04 Å². The maximum atomic E-state index is 11.9. The van der Waals surface area contributed by atoms with Crippen LogP contribution in [0.1, 0.15) is 20.8 Å². The first-order valence-corrected chi connectivity index (χ1v) is 5.16. The number of hydrogen-bond donors (Lipinski definition) is 1. The van der Waals surface area contributed by atoms with Gasteiger partial charge in [-0.2, -0.15) is 0 Å². The number of nitrogens with one attached hydrogen (secondary N) is 1. The van der Waals surface area contributed by atoms with Gasteiger partial charge in [0.05, 0.1) is 6.04 Å². The number of carbonyl (C=O) groups excluding carboxylic acids is 1. The third-order valence-corrected chi connectivity index (χ3v) is 2.73. The molecule has 1 amide bonds. The van der Waals surface area contributed by atoms with E-state index in [9.17, 15) is 4.79 Å². The summed E-state index contributed by atoms with van der Waals surface area (Å²) in [6.07, 6.45) is 1.72. The zero-order valence-electron chi connectivity index (χ0n) is 8.78. The number of nitrogens with zero attached hydrogens (tertiary/aromatic N) is 1. The second kappa shape index (κ2) is 4.09. The predicted octanol–water partition coefficient (Wildman–Crippen LogP) is 1.30. The van der Waals surface area contributed by atoms with Crippen molar-refractivity contribution in [3.8, 4) is 0 Å². The molecule has 1 N–H and O–H groups in total. The van der Waals surface area contributed by atoms with Crippen molar-refractivity contribution in [1.29, 1.82) is 0 Å². The molecule has 0 radical (unpaired) electrons. The molecule has 0 aromatic carbocycles. The second-order valence-corrected chi connectivity index (χ2v) is 4.24. The molecule has 1 unspecified atom stereocenters. The van der Waals surface area contributed by atoms with Gasteiger partial charge < -0.3 is 5.32 Å². The van der Waals surface area contributed by atoms with Crippen molar-refractivity contribution in [2.24, 2.45) is 5.92 Å². The Morgan fingerprint density at radius 3 is 2.50 bits per heavy atom. The normalized spacial score (nSPS) is 24.0. The molecule has 4 heteroatoms. The number of amides is 1. The van der Waals surface area contributed by atoms with E-state index in [-0.39, 0.29) is 23.9 Å². The molecule has 1 aliphatic heterocycles. The van der Waals surface area contributed by atoms with Gasteiger partial charge in [0.25, 0.3) is 5.91 Å². The molecule has 1 heterocycles. The summed E-state index contributed by atoms with van der Waals surface area (Å²) >= 11 is 5.10. The summed E-state index contributed by atoms with van der Waals surface area (Å²) in [5.41, 5.74) is 0. The predicted molar refractivity (Wildman–Crippen MR) is 60.9 cm³/mol. The molecule has 78 valence electrons. The van der Waals surface area contributed by atoms with Crippen molar-refractivity contribution in [3.63, 3.8) is 0 Å². The van der Waals surface area contributed by atoms with Gasteiger partial charge in [-0.25, -0.2) is 0 Å². The molecule has 1 saturated heterocycles. The molecule has 1 aliphatic rings. The second-order valence-electron chi connectivity index (χ2n) is 3.86. The van der Waals surface area contributed by atoms with E-state index < -0.39 is 0 Å². The van der Waals surface area contributed by atoms with Gasteiger partial charge in [-0.3, -0.25) is 9.69 Å². The lowest BCUT2D eigenvalue weighted by atomic mass is 10.0. The van der Waals surface area contributed by atoms with Gasteiger partial charge in [0.15, 0.2) is 5.11 Å². The van der Waals surface area contributed by atoms with Crippen LogP contribution in [0, 0.1) is 5.92 Å². The van der Waals surface area contributed by atoms with Gasteiger partial charge in [-0.1, -0.05) is 19.9 Å². The zero-order valence-corrected chi connectivity index (χ0v) is 9.60. The van der Waals surface area contributed by atoms with Crippen LogP contribution in [0.15, 0.2) is 12.7 Å². The van der Waals surface area contributed by atoms with E-state index in [1.165, 1.54) is 0 Å². The van der Waals surface area contributed by atoms with Crippen molar-refractivity contribution >= 4 is 23.2 Å². The summed E-state index contributed by atoms with van der Waals surface area (Å²) in [7, 11) is 0. The highest BCUT2D eigenvalue weighted by atomic mass is 32.1. The highest BCUT2D eigenvalue weighted by Gasteiger charge is 2.38. The zero-order chi connectivity index (χ0) is 10.9. The largest absolute Gasteiger partial charge is 0.350 e. The molecule has 0 spiro atoms. The summed E-state index contributed by atoms with van der Waals surface area (Å²) < 4.78 is 0. The molecule has 3 nitrogen and oxygen atoms in total. The Bertz CT molecular complexity index is 275. The van der Waals surface area contributed by atoms with Crippen molar-refractivity contribution in [2.45, 2.75) is 32.9 Å². The van der Waals surface area contributed by atoms with Crippen LogP contribution in [0.5, 0.6) is 0 Å². The molecule has 0 saturated carbocycles. The molecule has 1 rings (SSSR count). The Hall–Kier alpha value is -0.900. The van der Waals surface area contributed by atoms with Crippen LogP contribution in [0.4, 0.5) is 0 Å². The Labute approximate surface area is 90.2 Å². The lowest BCUT2D eigenvalue weighted by molar-refractivity contribution is -0.128. The summed E-state index contributed by atoms with van der Waals surface area (Å²) in [4.78, 5) is 13.5. The summed E-state index contributed by atoms with van der Waals surface area (Å²) in [6, 6.07) is -0.212. The highest BCUT2D eigenvalue weighted by molar-refractivity contribution is 7.80. The van der Waals surface area contributed by atoms with Crippen LogP contribution >= 0.6 is 12.2 Å². The van der Waals surface area contributed by atoms with Crippen LogP contribution in [0.2, 0.25) is 0 Å². The molecule has 1 fully saturated rings. The van der Waals surface area contributed by atoms with Crippen LogP contribution in [0.25, 0.3) is 0 Å². The summed E-state index contributed by atoms with van der Waals surface area (Å²) in [6.45, 7) is 9.57. The van der Waals surface area contributed by atoms with E-state index >= 15 is 0 Å².